The number of ether oxygens (including phenoxy) is 4. The van der Waals surface area contributed by atoms with Crippen molar-refractivity contribution in [3.05, 3.63) is 36.6 Å². The van der Waals surface area contributed by atoms with E-state index in [4.69, 9.17) is 23.4 Å². The third-order valence-electron chi connectivity index (χ3n) is 6.69. The quantitative estimate of drug-likeness (QED) is 0.521. The molecule has 2 heterocycles. The lowest BCUT2D eigenvalue weighted by atomic mass is 9.75. The molecule has 1 saturated heterocycles. The lowest BCUT2D eigenvalue weighted by Gasteiger charge is -2.43. The van der Waals surface area contributed by atoms with Crippen molar-refractivity contribution in [2.24, 2.45) is 11.3 Å². The zero-order valence-corrected chi connectivity index (χ0v) is 18.0. The summed E-state index contributed by atoms with van der Waals surface area (Å²) in [6.45, 7) is 8.04. The smallest absolute Gasteiger partial charge is 0.374 e. The molecule has 0 N–H and O–H groups in total. The van der Waals surface area contributed by atoms with Gasteiger partial charge < -0.3 is 28.3 Å². The molecule has 2 aliphatic rings. The number of hydrogen-bond acceptors (Lipinski definition) is 7. The first kappa shape index (κ1) is 20.8. The molecule has 0 bridgehead atoms. The molecule has 0 amide bonds. The largest absolute Gasteiger partial charge is 0.497 e. The molecule has 162 valence electrons. The standard InChI is InChI=1S/C23H29NO6/c1-6-15-9-10-23(28-11-12-29-23)22(15,2)14-24(3)20-17-8-7-16(26-4)13-18(17)19(30-20)21(25)27-5/h6-8,13,15H,1,9-12,14H2,2-5H3/t15-,22+/m1/s1. The summed E-state index contributed by atoms with van der Waals surface area (Å²) in [7, 11) is 4.88. The van der Waals surface area contributed by atoms with E-state index in [1.165, 1.54) is 7.11 Å². The maximum atomic E-state index is 12.3. The SMILES string of the molecule is C=C[C@@H]1CCC2(OCCO2)[C@@]1(C)CN(C)c1oc(C(=O)OC)c2cc(OC)ccc12. The van der Waals surface area contributed by atoms with E-state index in [9.17, 15) is 4.79 Å². The second kappa shape index (κ2) is 7.63. The first-order chi connectivity index (χ1) is 14.4. The fourth-order valence-electron chi connectivity index (χ4n) is 5.10. The molecule has 7 nitrogen and oxygen atoms in total. The van der Waals surface area contributed by atoms with Crippen LogP contribution in [0.25, 0.3) is 10.8 Å². The normalized spacial score (nSPS) is 25.0. The van der Waals surface area contributed by atoms with Crippen LogP contribution >= 0.6 is 0 Å². The van der Waals surface area contributed by atoms with E-state index in [1.54, 1.807) is 13.2 Å². The van der Waals surface area contributed by atoms with Gasteiger partial charge in [-0.1, -0.05) is 13.0 Å². The number of rotatable bonds is 6. The van der Waals surface area contributed by atoms with Gasteiger partial charge in [0, 0.05) is 36.2 Å². The number of carbonyl (C=O) groups excluding carboxylic acids is 1. The second-order valence-corrected chi connectivity index (χ2v) is 8.24. The highest BCUT2D eigenvalue weighted by atomic mass is 16.7. The second-order valence-electron chi connectivity index (χ2n) is 8.24. The number of fused-ring (bicyclic) bond motifs is 1. The van der Waals surface area contributed by atoms with Crippen molar-refractivity contribution in [1.29, 1.82) is 0 Å². The van der Waals surface area contributed by atoms with Gasteiger partial charge in [-0.15, -0.1) is 6.58 Å². The van der Waals surface area contributed by atoms with Crippen molar-refractivity contribution in [3.8, 4) is 5.75 Å². The van der Waals surface area contributed by atoms with Gasteiger partial charge in [-0.05, 0) is 30.5 Å². The minimum atomic E-state index is -0.628. The molecule has 1 aromatic heterocycles. The van der Waals surface area contributed by atoms with Gasteiger partial charge >= 0.3 is 5.97 Å². The van der Waals surface area contributed by atoms with E-state index in [0.717, 1.165) is 18.2 Å². The van der Waals surface area contributed by atoms with Gasteiger partial charge in [0.25, 0.3) is 0 Å². The van der Waals surface area contributed by atoms with Gasteiger partial charge in [-0.25, -0.2) is 4.79 Å². The van der Waals surface area contributed by atoms with Crippen LogP contribution in [0.3, 0.4) is 0 Å². The summed E-state index contributed by atoms with van der Waals surface area (Å²) in [6.07, 6.45) is 3.79. The topological polar surface area (TPSA) is 70.4 Å². The minimum Gasteiger partial charge on any atom is -0.497 e. The van der Waals surface area contributed by atoms with Gasteiger partial charge in [0.2, 0.25) is 11.6 Å². The Morgan fingerprint density at radius 3 is 2.67 bits per heavy atom. The number of hydrogen-bond donors (Lipinski definition) is 0. The minimum absolute atomic E-state index is 0.160. The Bertz CT molecular complexity index is 960. The molecule has 2 fully saturated rings. The number of nitrogens with zero attached hydrogens (tertiary/aromatic N) is 1. The average molecular weight is 415 g/mol. The number of allylic oxidation sites excluding steroid dienone is 1. The molecule has 1 aliphatic heterocycles. The third-order valence-corrected chi connectivity index (χ3v) is 6.69. The number of furan rings is 1. The monoisotopic (exact) mass is 415 g/mol. The summed E-state index contributed by atoms with van der Waals surface area (Å²) in [5.74, 6) is 0.480. The molecule has 1 aromatic carbocycles. The zero-order valence-electron chi connectivity index (χ0n) is 18.0. The first-order valence-electron chi connectivity index (χ1n) is 10.2. The van der Waals surface area contributed by atoms with Crippen LogP contribution in [0.5, 0.6) is 5.75 Å². The first-order valence-corrected chi connectivity index (χ1v) is 10.2. The molecule has 7 heteroatoms. The highest BCUT2D eigenvalue weighted by Crippen LogP contribution is 2.56. The summed E-state index contributed by atoms with van der Waals surface area (Å²) in [5.41, 5.74) is -0.322. The van der Waals surface area contributed by atoms with Crippen LogP contribution < -0.4 is 9.64 Å². The Labute approximate surface area is 176 Å². The predicted molar refractivity (Wildman–Crippen MR) is 113 cm³/mol. The Morgan fingerprint density at radius 2 is 2.03 bits per heavy atom. The number of benzene rings is 1. The lowest BCUT2D eigenvalue weighted by Crippen LogP contribution is -2.52. The summed E-state index contributed by atoms with van der Waals surface area (Å²) >= 11 is 0. The highest BCUT2D eigenvalue weighted by molar-refractivity contribution is 6.06. The van der Waals surface area contributed by atoms with Crippen molar-refractivity contribution >= 4 is 22.6 Å². The van der Waals surface area contributed by atoms with E-state index in [1.807, 2.05) is 30.2 Å². The predicted octanol–water partition coefficient (Wildman–Crippen LogP) is 4.01. The molecule has 1 saturated carbocycles. The maximum absolute atomic E-state index is 12.3. The molecule has 4 rings (SSSR count). The van der Waals surface area contributed by atoms with Crippen molar-refractivity contribution in [1.82, 2.24) is 0 Å². The van der Waals surface area contributed by atoms with Crippen LogP contribution in [0.2, 0.25) is 0 Å². The van der Waals surface area contributed by atoms with Crippen molar-refractivity contribution in [2.75, 3.05) is 45.9 Å². The fraction of sp³-hybridized carbons (Fsp3) is 0.522. The Balaban J connectivity index is 1.75. The summed E-state index contributed by atoms with van der Waals surface area (Å²) < 4.78 is 28.6. The lowest BCUT2D eigenvalue weighted by molar-refractivity contribution is -0.218. The van der Waals surface area contributed by atoms with Gasteiger partial charge in [-0.2, -0.15) is 0 Å². The molecule has 30 heavy (non-hydrogen) atoms. The van der Waals surface area contributed by atoms with Crippen LogP contribution in [0.15, 0.2) is 35.3 Å². The van der Waals surface area contributed by atoms with Gasteiger partial charge in [0.1, 0.15) is 5.75 Å². The van der Waals surface area contributed by atoms with E-state index >= 15 is 0 Å². The molecule has 2 atom stereocenters. The average Bonchev–Trinajstić information content (AvgIpc) is 3.45. The molecular weight excluding hydrogens is 386 g/mol. The van der Waals surface area contributed by atoms with Gasteiger partial charge in [-0.3, -0.25) is 0 Å². The van der Waals surface area contributed by atoms with Crippen LogP contribution in [0.1, 0.15) is 30.3 Å². The van der Waals surface area contributed by atoms with Crippen molar-refractivity contribution < 1.29 is 28.2 Å². The zero-order chi connectivity index (χ0) is 21.5. The summed E-state index contributed by atoms with van der Waals surface area (Å²) in [5, 5.41) is 1.47. The van der Waals surface area contributed by atoms with E-state index < -0.39 is 11.8 Å². The highest BCUT2D eigenvalue weighted by Gasteiger charge is 2.60. The van der Waals surface area contributed by atoms with Crippen LogP contribution in [0.4, 0.5) is 5.88 Å². The van der Waals surface area contributed by atoms with Crippen LogP contribution in [-0.2, 0) is 14.2 Å². The van der Waals surface area contributed by atoms with E-state index in [0.29, 0.717) is 36.8 Å². The molecule has 1 spiro atoms. The Morgan fingerprint density at radius 1 is 1.30 bits per heavy atom. The third kappa shape index (κ3) is 2.99. The molecule has 0 unspecified atom stereocenters. The molecule has 1 aliphatic carbocycles. The number of carbonyl (C=O) groups is 1. The van der Waals surface area contributed by atoms with E-state index in [-0.39, 0.29) is 17.1 Å². The fourth-order valence-corrected chi connectivity index (χ4v) is 5.10. The van der Waals surface area contributed by atoms with Gasteiger partial charge in [0.15, 0.2) is 5.79 Å². The van der Waals surface area contributed by atoms with Gasteiger partial charge in [0.05, 0.1) is 27.4 Å². The van der Waals surface area contributed by atoms with Crippen LogP contribution in [-0.4, -0.2) is 52.8 Å². The van der Waals surface area contributed by atoms with Crippen molar-refractivity contribution in [2.45, 2.75) is 25.6 Å². The van der Waals surface area contributed by atoms with Crippen LogP contribution in [0, 0.1) is 11.3 Å². The maximum Gasteiger partial charge on any atom is 0.374 e. The summed E-state index contributed by atoms with van der Waals surface area (Å²) in [4.78, 5) is 14.4. The number of esters is 1. The Hall–Kier alpha value is -2.51. The number of anilines is 1. The molecular formula is C23H29NO6. The molecule has 2 aromatic rings. The molecule has 0 radical (unpaired) electrons. The summed E-state index contributed by atoms with van der Waals surface area (Å²) in [6, 6.07) is 5.54. The number of methoxy groups -OCH3 is 2. The van der Waals surface area contributed by atoms with Crippen molar-refractivity contribution in [3.63, 3.8) is 0 Å². The Kier molecular flexibility index (Phi) is 5.28. The van der Waals surface area contributed by atoms with E-state index in [2.05, 4.69) is 13.5 Å².